The summed E-state index contributed by atoms with van der Waals surface area (Å²) in [5, 5.41) is 11.1. The number of pyridine rings is 2. The molecule has 2 aliphatic heterocycles. The van der Waals surface area contributed by atoms with E-state index in [1.54, 1.807) is 0 Å². The summed E-state index contributed by atoms with van der Waals surface area (Å²) in [5.74, 6) is -0.601. The molecule has 5 heterocycles. The molecule has 3 aliphatic rings. The Morgan fingerprint density at radius 3 is 2.71 bits per heavy atom. The minimum atomic E-state index is -0.721. The van der Waals surface area contributed by atoms with Crippen molar-refractivity contribution in [1.29, 1.82) is 0 Å². The van der Waals surface area contributed by atoms with E-state index in [0.717, 1.165) is 44.0 Å². The van der Waals surface area contributed by atoms with Crippen LogP contribution in [0, 0.1) is 11.6 Å². The quantitative estimate of drug-likeness (QED) is 0.249. The Hall–Kier alpha value is -4.03. The summed E-state index contributed by atoms with van der Waals surface area (Å²) in [6.07, 6.45) is 4.89. The normalized spacial score (nSPS) is 20.7. The largest absolute Gasteiger partial charge is 0.508 e. The number of nitrogens with zero attached hydrogens (tertiary/aromatic N) is 6. The molecule has 13 heteroatoms. The summed E-state index contributed by atoms with van der Waals surface area (Å²) in [6, 6.07) is 3.56. The lowest BCUT2D eigenvalue weighted by Gasteiger charge is -2.35. The highest BCUT2D eigenvalue weighted by molar-refractivity contribution is 6.32. The molecule has 7 rings (SSSR count). The number of nitrogens with two attached hydrogens (primary N) is 1. The summed E-state index contributed by atoms with van der Waals surface area (Å²) >= 11 is 6.58. The summed E-state index contributed by atoms with van der Waals surface area (Å²) < 4.78 is 43.7. The molecule has 1 aromatic carbocycles. The lowest BCUT2D eigenvalue weighted by Crippen LogP contribution is -2.39. The smallest absolute Gasteiger partial charge is 0.319 e. The van der Waals surface area contributed by atoms with E-state index < -0.39 is 17.7 Å². The Morgan fingerprint density at radius 1 is 1.18 bits per heavy atom. The standard InChI is InChI=1S/C32H34ClF2N7O3/c1-15-13-44-31-25-28(26(35)27(38-31)22-10-20(43)11-23(33)24(22)17-6-7-17)39-32(45-14-19-5-4-8-41(19)3)40-30(25)42(15)16(2)21-9-18(34)12-37-29(21)36/h9-12,15-17,19,43H,4-8,13-14H2,1-3H3,(H2,36,37)/t15-,16?,19?/m0/s1. The van der Waals surface area contributed by atoms with Crippen molar-refractivity contribution in [1.82, 2.24) is 24.8 Å². The first-order valence-electron chi connectivity index (χ1n) is 15.2. The number of benzene rings is 1. The number of aromatic hydroxyl groups is 1. The Morgan fingerprint density at radius 2 is 1.98 bits per heavy atom. The average molecular weight is 638 g/mol. The second kappa shape index (κ2) is 11.4. The van der Waals surface area contributed by atoms with Gasteiger partial charge in [-0.25, -0.2) is 18.7 Å². The van der Waals surface area contributed by atoms with Crippen LogP contribution in [0.2, 0.25) is 5.02 Å². The van der Waals surface area contributed by atoms with E-state index in [1.807, 2.05) is 25.8 Å². The van der Waals surface area contributed by atoms with Gasteiger partial charge in [-0.1, -0.05) is 11.6 Å². The first kappa shape index (κ1) is 29.7. The van der Waals surface area contributed by atoms with Crippen molar-refractivity contribution < 1.29 is 23.4 Å². The predicted octanol–water partition coefficient (Wildman–Crippen LogP) is 6.01. The van der Waals surface area contributed by atoms with Gasteiger partial charge in [-0.2, -0.15) is 9.97 Å². The zero-order valence-corrected chi connectivity index (χ0v) is 26.0. The number of phenols is 1. The molecule has 1 saturated carbocycles. The number of nitrogen functional groups attached to an aromatic ring is 1. The molecule has 45 heavy (non-hydrogen) atoms. The van der Waals surface area contributed by atoms with Gasteiger partial charge >= 0.3 is 6.01 Å². The second-order valence-electron chi connectivity index (χ2n) is 12.3. The molecule has 4 aromatic rings. The molecule has 2 fully saturated rings. The number of phenolic OH excluding ortho intramolecular Hbond substituents is 1. The van der Waals surface area contributed by atoms with E-state index >= 15 is 4.39 Å². The van der Waals surface area contributed by atoms with Crippen molar-refractivity contribution in [3.63, 3.8) is 0 Å². The summed E-state index contributed by atoms with van der Waals surface area (Å²) in [4.78, 5) is 22.2. The van der Waals surface area contributed by atoms with Gasteiger partial charge in [0.2, 0.25) is 5.88 Å². The van der Waals surface area contributed by atoms with E-state index in [-0.39, 0.29) is 64.7 Å². The minimum absolute atomic E-state index is 0.00667. The van der Waals surface area contributed by atoms with E-state index in [4.69, 9.17) is 31.8 Å². The number of likely N-dealkylation sites (tertiary alicyclic amines) is 1. The molecular formula is C32H34ClF2N7O3. The summed E-state index contributed by atoms with van der Waals surface area (Å²) in [7, 11) is 2.04. The number of rotatable bonds is 7. The Kier molecular flexibility index (Phi) is 7.52. The van der Waals surface area contributed by atoms with E-state index in [9.17, 15) is 9.50 Å². The number of likely N-dealkylation sites (N-methyl/N-ethyl adjacent to an activating group) is 1. The van der Waals surface area contributed by atoms with E-state index in [1.165, 1.54) is 18.2 Å². The molecule has 0 radical (unpaired) electrons. The Bertz CT molecular complexity index is 1810. The summed E-state index contributed by atoms with van der Waals surface area (Å²) in [5.41, 5.74) is 7.69. The fourth-order valence-electron chi connectivity index (χ4n) is 6.59. The molecule has 3 aromatic heterocycles. The number of hydrogen-bond acceptors (Lipinski definition) is 10. The molecule has 236 valence electrons. The van der Waals surface area contributed by atoms with E-state index in [0.29, 0.717) is 28.6 Å². The minimum Gasteiger partial charge on any atom is -0.508 e. The third-order valence-electron chi connectivity index (χ3n) is 9.11. The highest BCUT2D eigenvalue weighted by atomic mass is 35.5. The molecule has 0 bridgehead atoms. The molecular weight excluding hydrogens is 604 g/mol. The maximum atomic E-state index is 16.9. The monoisotopic (exact) mass is 637 g/mol. The van der Waals surface area contributed by atoms with Crippen LogP contribution < -0.4 is 20.1 Å². The van der Waals surface area contributed by atoms with Crippen molar-refractivity contribution in [2.24, 2.45) is 0 Å². The molecule has 3 N–H and O–H groups in total. The fourth-order valence-corrected chi connectivity index (χ4v) is 6.96. The number of aromatic nitrogens is 4. The topological polar surface area (TPSA) is 123 Å². The lowest BCUT2D eigenvalue weighted by molar-refractivity contribution is 0.188. The highest BCUT2D eigenvalue weighted by Gasteiger charge is 2.36. The molecule has 0 amide bonds. The molecule has 3 atom stereocenters. The Labute approximate surface area is 264 Å². The zero-order chi connectivity index (χ0) is 31.6. The van der Waals surface area contributed by atoms with E-state index in [2.05, 4.69) is 19.9 Å². The first-order chi connectivity index (χ1) is 21.6. The second-order valence-corrected chi connectivity index (χ2v) is 12.7. The zero-order valence-electron chi connectivity index (χ0n) is 25.2. The Balaban J connectivity index is 1.44. The molecule has 0 spiro atoms. The van der Waals surface area contributed by atoms with Crippen LogP contribution in [-0.2, 0) is 0 Å². The van der Waals surface area contributed by atoms with Gasteiger partial charge < -0.3 is 30.1 Å². The van der Waals surface area contributed by atoms with Crippen molar-refractivity contribution in [3.8, 4) is 28.9 Å². The SMILES string of the molecule is CC(c1cc(F)cnc1N)N1c2nc(OCC3CCCN3C)nc3c(F)c(-c4cc(O)cc(Cl)c4C4CC4)nc(c23)OC[C@@H]1C. The van der Waals surface area contributed by atoms with Crippen LogP contribution in [0.3, 0.4) is 0 Å². The first-order valence-corrected chi connectivity index (χ1v) is 15.6. The van der Waals surface area contributed by atoms with Gasteiger partial charge in [0.05, 0.1) is 18.3 Å². The fraction of sp³-hybridized carbons (Fsp3) is 0.438. The molecule has 1 aliphatic carbocycles. The van der Waals surface area contributed by atoms with Gasteiger partial charge in [-0.05, 0) is 82.8 Å². The van der Waals surface area contributed by atoms with Crippen molar-refractivity contribution in [2.75, 3.05) is 37.4 Å². The number of ether oxygens (including phenoxy) is 2. The number of hydrogen-bond donors (Lipinski definition) is 2. The third-order valence-corrected chi connectivity index (χ3v) is 9.42. The molecule has 10 nitrogen and oxygen atoms in total. The van der Waals surface area contributed by atoms with Gasteiger partial charge in [-0.15, -0.1) is 0 Å². The van der Waals surface area contributed by atoms with Crippen LogP contribution in [0.1, 0.15) is 62.6 Å². The van der Waals surface area contributed by atoms with Crippen LogP contribution in [-0.4, -0.2) is 68.8 Å². The lowest BCUT2D eigenvalue weighted by atomic mass is 9.98. The third kappa shape index (κ3) is 5.33. The van der Waals surface area contributed by atoms with Crippen LogP contribution in [0.25, 0.3) is 22.2 Å². The number of anilines is 2. The highest BCUT2D eigenvalue weighted by Crippen LogP contribution is 2.50. The van der Waals surface area contributed by atoms with Gasteiger partial charge in [0.25, 0.3) is 0 Å². The van der Waals surface area contributed by atoms with Crippen LogP contribution >= 0.6 is 11.6 Å². The van der Waals surface area contributed by atoms with Gasteiger partial charge in [-0.3, -0.25) is 0 Å². The van der Waals surface area contributed by atoms with Crippen LogP contribution in [0.4, 0.5) is 20.4 Å². The maximum Gasteiger partial charge on any atom is 0.319 e. The summed E-state index contributed by atoms with van der Waals surface area (Å²) in [6.45, 7) is 5.21. The maximum absolute atomic E-state index is 16.9. The molecule has 1 saturated heterocycles. The average Bonchev–Trinajstić information content (AvgIpc) is 3.77. The number of halogens is 3. The van der Waals surface area contributed by atoms with Crippen molar-refractivity contribution in [3.05, 3.63) is 52.2 Å². The predicted molar refractivity (Wildman–Crippen MR) is 167 cm³/mol. The van der Waals surface area contributed by atoms with Crippen molar-refractivity contribution in [2.45, 2.75) is 63.6 Å². The molecule has 2 unspecified atom stereocenters. The van der Waals surface area contributed by atoms with Gasteiger partial charge in [0.15, 0.2) is 5.82 Å². The van der Waals surface area contributed by atoms with Gasteiger partial charge in [0.1, 0.15) is 53.0 Å². The van der Waals surface area contributed by atoms with Crippen molar-refractivity contribution >= 4 is 34.1 Å². The van der Waals surface area contributed by atoms with Crippen LogP contribution in [0.5, 0.6) is 17.6 Å². The van der Waals surface area contributed by atoms with Gasteiger partial charge in [0, 0.05) is 22.2 Å². The van der Waals surface area contributed by atoms with Crippen LogP contribution in [0.15, 0.2) is 24.4 Å².